The topological polar surface area (TPSA) is 140 Å². The molecular weight excluding hydrogens is 645 g/mol. The number of hydrogen-bond donors (Lipinski definition) is 1. The second-order valence-electron chi connectivity index (χ2n) is 13.4. The van der Waals surface area contributed by atoms with Gasteiger partial charge in [-0.2, -0.15) is 0 Å². The second kappa shape index (κ2) is 34.9. The van der Waals surface area contributed by atoms with Crippen LogP contribution >= 0.6 is 7.82 Å². The van der Waals surface area contributed by atoms with Gasteiger partial charge in [-0.1, -0.05) is 162 Å². The lowest BCUT2D eigenvalue weighted by molar-refractivity contribution is -0.228. The molecule has 0 aliphatic rings. The van der Waals surface area contributed by atoms with Crippen LogP contribution in [0, 0.1) is 0 Å². The first-order valence-corrected chi connectivity index (χ1v) is 21.4. The van der Waals surface area contributed by atoms with Crippen LogP contribution in [0.25, 0.3) is 0 Å². The largest absolute Gasteiger partial charge is 0.756 e. The quantitative estimate of drug-likeness (QED) is 0.0378. The Morgan fingerprint density at radius 1 is 0.571 bits per heavy atom. The maximum Gasteiger partial charge on any atom is 0.306 e. The van der Waals surface area contributed by atoms with E-state index in [-0.39, 0.29) is 44.9 Å². The second-order valence-corrected chi connectivity index (χ2v) is 14.8. The van der Waals surface area contributed by atoms with Gasteiger partial charge in [0.1, 0.15) is 6.61 Å². The number of carbonyl (C=O) groups is 3. The number of phosphoric ester groups is 1. The number of unbranched alkanes of at least 4 members (excludes halogenated alkanes) is 22. The number of ether oxygens (including phenoxy) is 2. The summed E-state index contributed by atoms with van der Waals surface area (Å²) in [5.41, 5.74) is 0. The van der Waals surface area contributed by atoms with E-state index in [2.05, 4.69) is 19.2 Å². The molecule has 0 saturated heterocycles. The van der Waals surface area contributed by atoms with Crippen LogP contribution in [0.1, 0.15) is 194 Å². The number of esters is 2. The standard InChI is InChI=1S/C38H74NO9P/c1-4-7-9-11-13-15-17-19-21-23-25-27-29-37(41)45-33-35(34-47-49(43,44)46-32-31-39-36(40)6-3)48-38(42)30-28-26-24-22-20-18-16-14-12-10-8-5-2/h35H,4-34H2,1-3H3,(H,39,40)(H,43,44)/p-1. The summed E-state index contributed by atoms with van der Waals surface area (Å²) < 4.78 is 32.8. The maximum atomic E-state index is 12.6. The first kappa shape index (κ1) is 47.5. The molecule has 0 aromatic rings. The van der Waals surface area contributed by atoms with Crippen LogP contribution in [0.2, 0.25) is 0 Å². The lowest BCUT2D eigenvalue weighted by atomic mass is 10.0. The number of rotatable bonds is 37. The third-order valence-corrected chi connectivity index (χ3v) is 9.57. The molecule has 2 atom stereocenters. The van der Waals surface area contributed by atoms with Crippen LogP contribution in [-0.2, 0) is 37.5 Å². The van der Waals surface area contributed by atoms with Crippen molar-refractivity contribution in [2.24, 2.45) is 0 Å². The Labute approximate surface area is 299 Å². The summed E-state index contributed by atoms with van der Waals surface area (Å²) in [7, 11) is -4.73. The van der Waals surface area contributed by atoms with Gasteiger partial charge in [0.25, 0.3) is 7.82 Å². The van der Waals surface area contributed by atoms with Gasteiger partial charge in [-0.3, -0.25) is 18.9 Å². The number of carbonyl (C=O) groups excluding carboxylic acids is 3. The molecule has 10 nitrogen and oxygen atoms in total. The molecule has 2 unspecified atom stereocenters. The van der Waals surface area contributed by atoms with Crippen molar-refractivity contribution in [1.82, 2.24) is 5.32 Å². The van der Waals surface area contributed by atoms with Gasteiger partial charge in [0, 0.05) is 25.8 Å². The van der Waals surface area contributed by atoms with Gasteiger partial charge in [-0.05, 0) is 12.8 Å². The predicted molar refractivity (Wildman–Crippen MR) is 195 cm³/mol. The monoisotopic (exact) mass is 719 g/mol. The number of nitrogens with one attached hydrogen (secondary N) is 1. The van der Waals surface area contributed by atoms with E-state index < -0.39 is 32.5 Å². The van der Waals surface area contributed by atoms with Crippen LogP contribution in [0.5, 0.6) is 0 Å². The first-order chi connectivity index (χ1) is 23.7. The van der Waals surface area contributed by atoms with Crippen molar-refractivity contribution < 1.29 is 42.4 Å². The minimum absolute atomic E-state index is 0.0104. The molecule has 0 rings (SSSR count). The van der Waals surface area contributed by atoms with E-state index in [1.165, 1.54) is 109 Å². The third-order valence-electron chi connectivity index (χ3n) is 8.61. The molecule has 0 bridgehead atoms. The van der Waals surface area contributed by atoms with Crippen molar-refractivity contribution in [1.29, 1.82) is 0 Å². The van der Waals surface area contributed by atoms with E-state index in [0.717, 1.165) is 32.1 Å². The van der Waals surface area contributed by atoms with Crippen molar-refractivity contribution >= 4 is 25.7 Å². The summed E-state index contributed by atoms with van der Waals surface area (Å²) in [6.07, 6.45) is 28.1. The lowest BCUT2D eigenvalue weighted by Crippen LogP contribution is -2.31. The van der Waals surface area contributed by atoms with Gasteiger partial charge in [0.15, 0.2) is 6.10 Å². The highest BCUT2D eigenvalue weighted by molar-refractivity contribution is 7.45. The molecule has 0 aliphatic heterocycles. The zero-order valence-corrected chi connectivity index (χ0v) is 32.5. The van der Waals surface area contributed by atoms with Crippen LogP contribution in [0.3, 0.4) is 0 Å². The van der Waals surface area contributed by atoms with E-state index in [1.54, 1.807) is 6.92 Å². The van der Waals surface area contributed by atoms with Gasteiger partial charge in [-0.25, -0.2) is 0 Å². The Kier molecular flexibility index (Phi) is 33.9. The average Bonchev–Trinajstić information content (AvgIpc) is 3.08. The van der Waals surface area contributed by atoms with Gasteiger partial charge in [0.2, 0.25) is 5.91 Å². The molecule has 0 aliphatic carbocycles. The normalized spacial score (nSPS) is 13.1. The van der Waals surface area contributed by atoms with E-state index in [4.69, 9.17) is 18.5 Å². The highest BCUT2D eigenvalue weighted by atomic mass is 31.2. The van der Waals surface area contributed by atoms with Crippen LogP contribution in [0.15, 0.2) is 0 Å². The summed E-state index contributed by atoms with van der Waals surface area (Å²) in [5, 5.41) is 2.52. The fourth-order valence-corrected chi connectivity index (χ4v) is 6.26. The highest BCUT2D eigenvalue weighted by Gasteiger charge is 2.21. The number of hydrogen-bond acceptors (Lipinski definition) is 9. The Balaban J connectivity index is 4.42. The van der Waals surface area contributed by atoms with Gasteiger partial charge >= 0.3 is 11.9 Å². The third kappa shape index (κ3) is 34.7. The molecule has 0 saturated carbocycles. The minimum atomic E-state index is -4.73. The maximum absolute atomic E-state index is 12.6. The Hall–Kier alpha value is -1.48. The zero-order valence-electron chi connectivity index (χ0n) is 31.6. The van der Waals surface area contributed by atoms with E-state index in [9.17, 15) is 23.8 Å². The molecule has 49 heavy (non-hydrogen) atoms. The predicted octanol–water partition coefficient (Wildman–Crippen LogP) is 9.65. The van der Waals surface area contributed by atoms with Gasteiger partial charge in [0.05, 0.1) is 13.2 Å². The van der Waals surface area contributed by atoms with Crippen molar-refractivity contribution in [3.63, 3.8) is 0 Å². The molecule has 290 valence electrons. The van der Waals surface area contributed by atoms with Crippen molar-refractivity contribution in [3.05, 3.63) is 0 Å². The molecular formula is C38H73NO9P-. The molecule has 0 heterocycles. The van der Waals surface area contributed by atoms with Crippen LogP contribution in [-0.4, -0.2) is 50.3 Å². The SMILES string of the molecule is CCCCCCCCCCCCCCC(=O)OCC(COP(=O)([O-])OCCNC(=O)CC)OC(=O)CCCCCCCCCCCCCC. The van der Waals surface area contributed by atoms with Gasteiger partial charge < -0.3 is 28.7 Å². The number of phosphoric acid groups is 1. The summed E-state index contributed by atoms with van der Waals surface area (Å²) in [6.45, 7) is 5.05. The Morgan fingerprint density at radius 2 is 0.980 bits per heavy atom. The summed E-state index contributed by atoms with van der Waals surface area (Å²) in [6, 6.07) is 0. The zero-order chi connectivity index (χ0) is 36.3. The Morgan fingerprint density at radius 3 is 1.41 bits per heavy atom. The summed E-state index contributed by atoms with van der Waals surface area (Å²) >= 11 is 0. The molecule has 1 N–H and O–H groups in total. The van der Waals surface area contributed by atoms with Crippen LogP contribution < -0.4 is 10.2 Å². The molecule has 0 aromatic carbocycles. The minimum Gasteiger partial charge on any atom is -0.756 e. The molecule has 0 fully saturated rings. The van der Waals surface area contributed by atoms with E-state index >= 15 is 0 Å². The molecule has 0 spiro atoms. The van der Waals surface area contributed by atoms with Crippen molar-refractivity contribution in [2.75, 3.05) is 26.4 Å². The van der Waals surface area contributed by atoms with Crippen LogP contribution in [0.4, 0.5) is 0 Å². The summed E-state index contributed by atoms with van der Waals surface area (Å²) in [4.78, 5) is 48.5. The van der Waals surface area contributed by atoms with E-state index in [1.807, 2.05) is 0 Å². The fraction of sp³-hybridized carbons (Fsp3) is 0.921. The molecule has 11 heteroatoms. The van der Waals surface area contributed by atoms with Crippen molar-refractivity contribution in [2.45, 2.75) is 200 Å². The molecule has 0 aromatic heterocycles. The molecule has 1 amide bonds. The highest BCUT2D eigenvalue weighted by Crippen LogP contribution is 2.38. The van der Waals surface area contributed by atoms with Crippen molar-refractivity contribution in [3.8, 4) is 0 Å². The average molecular weight is 719 g/mol. The lowest BCUT2D eigenvalue weighted by Gasteiger charge is -2.25. The fourth-order valence-electron chi connectivity index (χ4n) is 5.52. The van der Waals surface area contributed by atoms with E-state index in [0.29, 0.717) is 12.8 Å². The summed E-state index contributed by atoms with van der Waals surface area (Å²) in [5.74, 6) is -1.13. The molecule has 0 radical (unpaired) electrons. The first-order valence-electron chi connectivity index (χ1n) is 20.0. The number of amides is 1. The smallest absolute Gasteiger partial charge is 0.306 e. The van der Waals surface area contributed by atoms with Gasteiger partial charge in [-0.15, -0.1) is 0 Å². The Bertz CT molecular complexity index is 842.